The van der Waals surface area contributed by atoms with Gasteiger partial charge < -0.3 is 25.3 Å². The van der Waals surface area contributed by atoms with Crippen LogP contribution in [0.4, 0.5) is 0 Å². The van der Waals surface area contributed by atoms with Crippen molar-refractivity contribution < 1.29 is 19.0 Å². The lowest BCUT2D eigenvalue weighted by Gasteiger charge is -2.22. The lowest BCUT2D eigenvalue weighted by Crippen LogP contribution is -2.38. The lowest BCUT2D eigenvalue weighted by atomic mass is 9.90. The van der Waals surface area contributed by atoms with Gasteiger partial charge in [-0.15, -0.1) is 0 Å². The summed E-state index contributed by atoms with van der Waals surface area (Å²) in [5.74, 6) is 1.85. The highest BCUT2D eigenvalue weighted by atomic mass is 16.5. The molecule has 0 radical (unpaired) electrons. The number of hydrogen-bond acceptors (Lipinski definition) is 6. The molecule has 0 bridgehead atoms. The van der Waals surface area contributed by atoms with Crippen molar-refractivity contribution in [3.63, 3.8) is 0 Å². The van der Waals surface area contributed by atoms with Crippen LogP contribution in [0.3, 0.4) is 0 Å². The van der Waals surface area contributed by atoms with E-state index in [4.69, 9.17) is 19.9 Å². The summed E-state index contributed by atoms with van der Waals surface area (Å²) in [4.78, 5) is 14.4. The molecule has 7 heteroatoms. The molecule has 1 amide bonds. The fourth-order valence-electron chi connectivity index (χ4n) is 3.13. The first-order chi connectivity index (χ1) is 11.9. The number of carbonyl (C=O) groups excluding carboxylic acids is 1. The van der Waals surface area contributed by atoms with Crippen LogP contribution >= 0.6 is 0 Å². The molecule has 0 aromatic heterocycles. The Hall–Kier alpha value is -1.99. The summed E-state index contributed by atoms with van der Waals surface area (Å²) in [5.41, 5.74) is 6.72. The molecule has 1 aliphatic rings. The quantitative estimate of drug-likeness (QED) is 0.727. The Kier molecular flexibility index (Phi) is 6.50. The summed E-state index contributed by atoms with van der Waals surface area (Å²) in [5, 5.41) is 2.95. The minimum absolute atomic E-state index is 0.0267. The van der Waals surface area contributed by atoms with Crippen molar-refractivity contribution in [1.29, 1.82) is 0 Å². The van der Waals surface area contributed by atoms with Crippen LogP contribution in [0, 0.1) is 5.41 Å². The Morgan fingerprint density at radius 2 is 1.88 bits per heavy atom. The summed E-state index contributed by atoms with van der Waals surface area (Å²) in [6, 6.07) is 3.55. The zero-order chi connectivity index (χ0) is 18.4. The van der Waals surface area contributed by atoms with E-state index in [9.17, 15) is 4.79 Å². The first kappa shape index (κ1) is 19.3. The summed E-state index contributed by atoms with van der Waals surface area (Å²) < 4.78 is 16.0. The van der Waals surface area contributed by atoms with Gasteiger partial charge in [0.15, 0.2) is 0 Å². The van der Waals surface area contributed by atoms with Gasteiger partial charge in [-0.2, -0.15) is 0 Å². The van der Waals surface area contributed by atoms with E-state index in [1.807, 2.05) is 0 Å². The number of methoxy groups -OCH3 is 3. The number of amides is 1. The van der Waals surface area contributed by atoms with Gasteiger partial charge in [-0.3, -0.25) is 9.69 Å². The van der Waals surface area contributed by atoms with Crippen molar-refractivity contribution in [2.24, 2.45) is 11.1 Å². The average Bonchev–Trinajstić information content (AvgIpc) is 3.00. The zero-order valence-corrected chi connectivity index (χ0v) is 15.6. The fourth-order valence-corrected chi connectivity index (χ4v) is 3.13. The Bertz CT molecular complexity index is 583. The first-order valence-electron chi connectivity index (χ1n) is 8.42. The van der Waals surface area contributed by atoms with Crippen molar-refractivity contribution in [1.82, 2.24) is 10.2 Å². The zero-order valence-electron chi connectivity index (χ0n) is 15.6. The van der Waals surface area contributed by atoms with E-state index >= 15 is 0 Å². The number of carbonyl (C=O) groups is 1. The number of likely N-dealkylation sites (tertiary alicyclic amines) is 1. The van der Waals surface area contributed by atoms with Crippen LogP contribution in [0.25, 0.3) is 0 Å². The molecule has 0 aliphatic carbocycles. The van der Waals surface area contributed by atoms with Crippen LogP contribution < -0.4 is 25.3 Å². The highest BCUT2D eigenvalue weighted by Crippen LogP contribution is 2.34. The molecule has 1 aromatic rings. The Balaban J connectivity index is 1.98. The number of nitrogens with two attached hydrogens (primary N) is 1. The highest BCUT2D eigenvalue weighted by Gasteiger charge is 2.33. The first-order valence-corrected chi connectivity index (χ1v) is 8.42. The molecule has 140 valence electrons. The molecular formula is C18H29N3O4. The van der Waals surface area contributed by atoms with E-state index in [0.29, 0.717) is 36.9 Å². The van der Waals surface area contributed by atoms with Crippen LogP contribution in [0.15, 0.2) is 12.1 Å². The number of benzene rings is 1. The number of hydrogen-bond donors (Lipinski definition) is 2. The Morgan fingerprint density at radius 3 is 2.36 bits per heavy atom. The molecule has 1 heterocycles. The van der Waals surface area contributed by atoms with Gasteiger partial charge in [0.25, 0.3) is 0 Å². The number of ether oxygens (including phenoxy) is 3. The molecule has 2 rings (SSSR count). The van der Waals surface area contributed by atoms with Gasteiger partial charge in [-0.25, -0.2) is 0 Å². The molecule has 7 nitrogen and oxygen atoms in total. The number of nitrogens with zero attached hydrogens (tertiary/aromatic N) is 1. The molecule has 1 aliphatic heterocycles. The smallest absolute Gasteiger partial charge is 0.234 e. The van der Waals surface area contributed by atoms with Crippen molar-refractivity contribution in [2.45, 2.75) is 19.9 Å². The second-order valence-corrected chi connectivity index (χ2v) is 6.76. The molecule has 0 saturated carbocycles. The van der Waals surface area contributed by atoms with Gasteiger partial charge >= 0.3 is 0 Å². The lowest BCUT2D eigenvalue weighted by molar-refractivity contribution is -0.122. The third kappa shape index (κ3) is 4.76. The minimum Gasteiger partial charge on any atom is -0.496 e. The van der Waals surface area contributed by atoms with E-state index in [0.717, 1.165) is 25.1 Å². The third-order valence-corrected chi connectivity index (χ3v) is 4.78. The molecular weight excluding hydrogens is 322 g/mol. The highest BCUT2D eigenvalue weighted by molar-refractivity contribution is 5.78. The SMILES string of the molecule is COc1cc(OC)c(CNC(=O)CN2CCC(C)(CN)C2)c(OC)c1. The van der Waals surface area contributed by atoms with E-state index in [1.165, 1.54) is 0 Å². The number of nitrogens with one attached hydrogen (secondary N) is 1. The Morgan fingerprint density at radius 1 is 1.24 bits per heavy atom. The van der Waals surface area contributed by atoms with Gasteiger partial charge in [0.05, 0.1) is 40.0 Å². The van der Waals surface area contributed by atoms with E-state index in [1.54, 1.807) is 33.5 Å². The fraction of sp³-hybridized carbons (Fsp3) is 0.611. The van der Waals surface area contributed by atoms with E-state index in [-0.39, 0.29) is 11.3 Å². The van der Waals surface area contributed by atoms with Gasteiger partial charge in [-0.05, 0) is 24.9 Å². The summed E-state index contributed by atoms with van der Waals surface area (Å²) in [6.45, 7) is 5.26. The second-order valence-electron chi connectivity index (χ2n) is 6.76. The van der Waals surface area contributed by atoms with Gasteiger partial charge in [0.2, 0.25) is 5.91 Å². The largest absolute Gasteiger partial charge is 0.496 e. The molecule has 0 spiro atoms. The summed E-state index contributed by atoms with van der Waals surface area (Å²) in [7, 11) is 4.75. The van der Waals surface area contributed by atoms with E-state index in [2.05, 4.69) is 17.1 Å². The molecule has 1 unspecified atom stereocenters. The monoisotopic (exact) mass is 351 g/mol. The van der Waals surface area contributed by atoms with Crippen molar-refractivity contribution in [2.75, 3.05) is 47.5 Å². The van der Waals surface area contributed by atoms with Gasteiger partial charge in [0, 0.05) is 18.7 Å². The normalized spacial score (nSPS) is 20.4. The van der Waals surface area contributed by atoms with Crippen LogP contribution in [0.2, 0.25) is 0 Å². The molecule has 1 atom stereocenters. The topological polar surface area (TPSA) is 86.1 Å². The van der Waals surface area contributed by atoms with Crippen LogP contribution in [0.5, 0.6) is 17.2 Å². The van der Waals surface area contributed by atoms with Crippen molar-refractivity contribution in [3.05, 3.63) is 17.7 Å². The molecule has 25 heavy (non-hydrogen) atoms. The molecule has 1 fully saturated rings. The third-order valence-electron chi connectivity index (χ3n) is 4.78. The maximum Gasteiger partial charge on any atom is 0.234 e. The van der Waals surface area contributed by atoms with Crippen molar-refractivity contribution in [3.8, 4) is 17.2 Å². The van der Waals surface area contributed by atoms with Crippen LogP contribution in [-0.2, 0) is 11.3 Å². The standard InChI is InChI=1S/C18H29N3O4/c1-18(11-19)5-6-21(12-18)10-17(22)20-9-14-15(24-3)7-13(23-2)8-16(14)25-4/h7-8H,5-6,9-12,19H2,1-4H3,(H,20,22). The maximum absolute atomic E-state index is 12.3. The minimum atomic E-state index is -0.0267. The van der Waals surface area contributed by atoms with E-state index < -0.39 is 0 Å². The van der Waals surface area contributed by atoms with Gasteiger partial charge in [-0.1, -0.05) is 6.92 Å². The summed E-state index contributed by atoms with van der Waals surface area (Å²) >= 11 is 0. The van der Waals surface area contributed by atoms with Crippen LogP contribution in [-0.4, -0.2) is 58.3 Å². The maximum atomic E-state index is 12.3. The summed E-state index contributed by atoms with van der Waals surface area (Å²) in [6.07, 6.45) is 1.02. The second kappa shape index (κ2) is 8.40. The van der Waals surface area contributed by atoms with Gasteiger partial charge in [0.1, 0.15) is 17.2 Å². The molecule has 3 N–H and O–H groups in total. The average molecular weight is 351 g/mol. The Labute approximate surface area is 149 Å². The molecule has 1 saturated heterocycles. The predicted molar refractivity (Wildman–Crippen MR) is 96.2 cm³/mol. The van der Waals surface area contributed by atoms with Crippen molar-refractivity contribution >= 4 is 5.91 Å². The van der Waals surface area contributed by atoms with Crippen LogP contribution in [0.1, 0.15) is 18.9 Å². The molecule has 1 aromatic carbocycles. The predicted octanol–water partition coefficient (Wildman–Crippen LogP) is 0.999. The number of rotatable bonds is 8.